The van der Waals surface area contributed by atoms with Gasteiger partial charge in [-0.1, -0.05) is 52.3 Å². The van der Waals surface area contributed by atoms with Crippen LogP contribution in [0.4, 0.5) is 5.69 Å². The molecule has 84 valence electrons. The average molecular weight is 286 g/mol. The van der Waals surface area contributed by atoms with Crippen LogP contribution in [0.15, 0.2) is 70.1 Å². The van der Waals surface area contributed by atoms with Gasteiger partial charge in [0.25, 0.3) is 0 Å². The summed E-state index contributed by atoms with van der Waals surface area (Å²) in [5.41, 5.74) is 2.13. The molecule has 0 aliphatic heterocycles. The predicted octanol–water partition coefficient (Wildman–Crippen LogP) is 4.86. The Balaban J connectivity index is 1.98. The lowest BCUT2D eigenvalue weighted by molar-refractivity contribution is 1.52. The maximum atomic E-state index is 4.33. The fourth-order valence-corrected chi connectivity index (χ4v) is 1.64. The normalized spacial score (nSPS) is 11.4. The predicted molar refractivity (Wildman–Crippen MR) is 77.8 cm³/mol. The Bertz CT molecular complexity index is 512. The molecule has 1 nitrogen and oxygen atoms in total. The molecule has 2 aromatic rings. The molecule has 0 unspecified atom stereocenters. The van der Waals surface area contributed by atoms with Crippen molar-refractivity contribution in [1.29, 1.82) is 0 Å². The second kappa shape index (κ2) is 6.16. The van der Waals surface area contributed by atoms with E-state index in [0.29, 0.717) is 0 Å². The Morgan fingerprint density at radius 1 is 0.882 bits per heavy atom. The van der Waals surface area contributed by atoms with Crippen LogP contribution in [-0.2, 0) is 0 Å². The van der Waals surface area contributed by atoms with Gasteiger partial charge < -0.3 is 0 Å². The van der Waals surface area contributed by atoms with Crippen molar-refractivity contribution in [3.05, 3.63) is 70.7 Å². The van der Waals surface area contributed by atoms with Crippen molar-refractivity contribution in [2.45, 2.75) is 0 Å². The summed E-state index contributed by atoms with van der Waals surface area (Å²) < 4.78 is 1.07. The average Bonchev–Trinajstić information content (AvgIpc) is 2.38. The van der Waals surface area contributed by atoms with Gasteiger partial charge in [-0.05, 0) is 35.9 Å². The number of hydrogen-bond donors (Lipinski definition) is 0. The first-order valence-corrected chi connectivity index (χ1v) is 6.15. The quantitative estimate of drug-likeness (QED) is 0.714. The van der Waals surface area contributed by atoms with Crippen molar-refractivity contribution >= 4 is 33.9 Å². The van der Waals surface area contributed by atoms with Crippen LogP contribution in [-0.4, -0.2) is 6.21 Å². The van der Waals surface area contributed by atoms with Crippen LogP contribution in [0, 0.1) is 0 Å². The molecule has 2 aromatic carbocycles. The first-order chi connectivity index (χ1) is 8.34. The molecule has 0 bridgehead atoms. The first-order valence-electron chi connectivity index (χ1n) is 5.36. The zero-order valence-corrected chi connectivity index (χ0v) is 10.8. The fraction of sp³-hybridized carbons (Fsp3) is 0. The van der Waals surface area contributed by atoms with Gasteiger partial charge in [0, 0.05) is 10.7 Å². The van der Waals surface area contributed by atoms with E-state index >= 15 is 0 Å². The van der Waals surface area contributed by atoms with Gasteiger partial charge in [0.2, 0.25) is 0 Å². The summed E-state index contributed by atoms with van der Waals surface area (Å²) >= 11 is 3.39. The van der Waals surface area contributed by atoms with Crippen LogP contribution in [0.25, 0.3) is 6.08 Å². The van der Waals surface area contributed by atoms with Crippen LogP contribution in [0.5, 0.6) is 0 Å². The van der Waals surface area contributed by atoms with Gasteiger partial charge >= 0.3 is 0 Å². The molecular formula is C15H12BrN. The second-order valence-corrected chi connectivity index (χ2v) is 4.44. The molecule has 0 heterocycles. The highest BCUT2D eigenvalue weighted by atomic mass is 79.9. The number of allylic oxidation sites excluding steroid dienone is 1. The molecule has 2 rings (SSSR count). The van der Waals surface area contributed by atoms with Gasteiger partial charge in [-0.3, -0.25) is 4.99 Å². The number of benzene rings is 2. The number of aliphatic imine (C=N–C) groups is 1. The molecule has 0 spiro atoms. The third-order valence-electron chi connectivity index (χ3n) is 2.22. The Morgan fingerprint density at radius 3 is 2.29 bits per heavy atom. The van der Waals surface area contributed by atoms with E-state index in [0.717, 1.165) is 10.2 Å². The van der Waals surface area contributed by atoms with E-state index < -0.39 is 0 Å². The molecule has 0 saturated carbocycles. The highest BCUT2D eigenvalue weighted by molar-refractivity contribution is 9.10. The topological polar surface area (TPSA) is 12.4 Å². The van der Waals surface area contributed by atoms with E-state index in [1.54, 1.807) is 6.21 Å². The third-order valence-corrected chi connectivity index (χ3v) is 2.75. The maximum Gasteiger partial charge on any atom is 0.0630 e. The SMILES string of the molecule is Brc1ccc(N=CC=Cc2ccccc2)cc1. The van der Waals surface area contributed by atoms with Crippen molar-refractivity contribution in [3.63, 3.8) is 0 Å². The highest BCUT2D eigenvalue weighted by Crippen LogP contribution is 2.16. The number of rotatable bonds is 3. The summed E-state index contributed by atoms with van der Waals surface area (Å²) in [4.78, 5) is 4.33. The van der Waals surface area contributed by atoms with Gasteiger partial charge in [-0.15, -0.1) is 0 Å². The molecule has 0 aromatic heterocycles. The molecule has 0 fully saturated rings. The van der Waals surface area contributed by atoms with Gasteiger partial charge in [0.15, 0.2) is 0 Å². The molecule has 0 amide bonds. The van der Waals surface area contributed by atoms with Crippen molar-refractivity contribution in [2.75, 3.05) is 0 Å². The van der Waals surface area contributed by atoms with Crippen LogP contribution in [0.1, 0.15) is 5.56 Å². The lowest BCUT2D eigenvalue weighted by Gasteiger charge is -1.92. The molecular weight excluding hydrogens is 274 g/mol. The molecule has 2 heteroatoms. The van der Waals surface area contributed by atoms with Gasteiger partial charge in [-0.2, -0.15) is 0 Å². The minimum absolute atomic E-state index is 0.950. The highest BCUT2D eigenvalue weighted by Gasteiger charge is 1.86. The Kier molecular flexibility index (Phi) is 4.28. The second-order valence-electron chi connectivity index (χ2n) is 3.52. The Labute approximate surface area is 110 Å². The van der Waals surface area contributed by atoms with Crippen LogP contribution < -0.4 is 0 Å². The smallest absolute Gasteiger partial charge is 0.0630 e. The number of halogens is 1. The first kappa shape index (κ1) is 11.8. The maximum absolute atomic E-state index is 4.33. The minimum atomic E-state index is 0.950. The standard InChI is InChI=1S/C15H12BrN/c16-14-8-10-15(11-9-14)17-12-4-7-13-5-2-1-3-6-13/h1-12H. The van der Waals surface area contributed by atoms with E-state index in [-0.39, 0.29) is 0 Å². The number of hydrogen-bond acceptors (Lipinski definition) is 1. The fourth-order valence-electron chi connectivity index (χ4n) is 1.37. The number of nitrogens with zero attached hydrogens (tertiary/aromatic N) is 1. The third kappa shape index (κ3) is 4.00. The summed E-state index contributed by atoms with van der Waals surface area (Å²) in [7, 11) is 0. The molecule has 0 N–H and O–H groups in total. The minimum Gasteiger partial charge on any atom is -0.257 e. The summed E-state index contributed by atoms with van der Waals surface area (Å²) in [6.07, 6.45) is 5.77. The molecule has 0 atom stereocenters. The van der Waals surface area contributed by atoms with Crippen molar-refractivity contribution in [1.82, 2.24) is 0 Å². The lowest BCUT2D eigenvalue weighted by Crippen LogP contribution is -1.70. The lowest BCUT2D eigenvalue weighted by atomic mass is 10.2. The van der Waals surface area contributed by atoms with Gasteiger partial charge in [0.05, 0.1) is 5.69 Å². The molecule has 0 aliphatic rings. The largest absolute Gasteiger partial charge is 0.257 e. The van der Waals surface area contributed by atoms with Gasteiger partial charge in [-0.25, -0.2) is 0 Å². The van der Waals surface area contributed by atoms with Gasteiger partial charge in [0.1, 0.15) is 0 Å². The van der Waals surface area contributed by atoms with E-state index in [1.807, 2.05) is 54.6 Å². The summed E-state index contributed by atoms with van der Waals surface area (Å²) in [5.74, 6) is 0. The monoisotopic (exact) mass is 285 g/mol. The zero-order valence-electron chi connectivity index (χ0n) is 9.25. The van der Waals surface area contributed by atoms with Crippen molar-refractivity contribution < 1.29 is 0 Å². The molecule has 0 radical (unpaired) electrons. The van der Waals surface area contributed by atoms with E-state index in [4.69, 9.17) is 0 Å². The van der Waals surface area contributed by atoms with Crippen LogP contribution in [0.3, 0.4) is 0 Å². The summed E-state index contributed by atoms with van der Waals surface area (Å²) in [6.45, 7) is 0. The molecule has 17 heavy (non-hydrogen) atoms. The van der Waals surface area contributed by atoms with Crippen LogP contribution in [0.2, 0.25) is 0 Å². The summed E-state index contributed by atoms with van der Waals surface area (Å²) in [6, 6.07) is 18.1. The van der Waals surface area contributed by atoms with Crippen molar-refractivity contribution in [3.8, 4) is 0 Å². The summed E-state index contributed by atoms with van der Waals surface area (Å²) in [5, 5.41) is 0. The van der Waals surface area contributed by atoms with Crippen LogP contribution >= 0.6 is 15.9 Å². The molecule has 0 aliphatic carbocycles. The van der Waals surface area contributed by atoms with E-state index in [2.05, 4.69) is 33.1 Å². The van der Waals surface area contributed by atoms with Crippen molar-refractivity contribution in [2.24, 2.45) is 4.99 Å². The Morgan fingerprint density at radius 2 is 1.59 bits per heavy atom. The molecule has 0 saturated heterocycles. The Hall–Kier alpha value is -1.67. The van der Waals surface area contributed by atoms with E-state index in [9.17, 15) is 0 Å². The zero-order chi connectivity index (χ0) is 11.9. The van der Waals surface area contributed by atoms with E-state index in [1.165, 1.54) is 5.56 Å².